The molecule has 1 saturated carbocycles. The number of carbonyl (C=O) groups excluding carboxylic acids is 2. The first-order valence-corrected chi connectivity index (χ1v) is 6.90. The van der Waals surface area contributed by atoms with Crippen molar-refractivity contribution in [3.8, 4) is 0 Å². The molecule has 0 spiro atoms. The minimum absolute atomic E-state index is 0.0902. The van der Waals surface area contributed by atoms with E-state index in [9.17, 15) is 14.4 Å². The van der Waals surface area contributed by atoms with E-state index in [0.717, 1.165) is 12.8 Å². The summed E-state index contributed by atoms with van der Waals surface area (Å²) in [4.78, 5) is 34.9. The minimum Gasteiger partial charge on any atom is -0.349 e. The number of carbonyl (C=O) groups is 2. The zero-order valence-electron chi connectivity index (χ0n) is 11.6. The van der Waals surface area contributed by atoms with E-state index in [0.29, 0.717) is 11.3 Å². The molecule has 1 fully saturated rings. The van der Waals surface area contributed by atoms with Gasteiger partial charge in [0.2, 0.25) is 0 Å². The second-order valence-corrected chi connectivity index (χ2v) is 5.09. The summed E-state index contributed by atoms with van der Waals surface area (Å²) in [6, 6.07) is 9.48. The molecule has 0 atom stereocenters. The third-order valence-electron chi connectivity index (χ3n) is 3.21. The SMILES string of the molecule is O=C(NC1CC1)c1cccc(NC(=O)c2ccc(=O)[nH]n2)c1. The Kier molecular flexibility index (Phi) is 3.69. The van der Waals surface area contributed by atoms with Crippen molar-refractivity contribution in [1.29, 1.82) is 0 Å². The van der Waals surface area contributed by atoms with Crippen molar-refractivity contribution < 1.29 is 9.59 Å². The Morgan fingerprint density at radius 3 is 2.64 bits per heavy atom. The Bertz CT molecular complexity index is 760. The first-order valence-electron chi connectivity index (χ1n) is 6.90. The first-order chi connectivity index (χ1) is 10.6. The van der Waals surface area contributed by atoms with Gasteiger partial charge in [0.15, 0.2) is 0 Å². The van der Waals surface area contributed by atoms with E-state index in [2.05, 4.69) is 20.8 Å². The van der Waals surface area contributed by atoms with Gasteiger partial charge >= 0.3 is 0 Å². The number of hydrogen-bond donors (Lipinski definition) is 3. The maximum atomic E-state index is 12.0. The number of amides is 2. The molecule has 0 saturated heterocycles. The highest BCUT2D eigenvalue weighted by atomic mass is 16.2. The van der Waals surface area contributed by atoms with Gasteiger partial charge in [0, 0.05) is 23.4 Å². The molecule has 1 aromatic carbocycles. The summed E-state index contributed by atoms with van der Waals surface area (Å²) < 4.78 is 0. The molecule has 3 N–H and O–H groups in total. The van der Waals surface area contributed by atoms with Gasteiger partial charge in [-0.15, -0.1) is 0 Å². The molecular weight excluding hydrogens is 284 g/mol. The number of rotatable bonds is 4. The van der Waals surface area contributed by atoms with Crippen LogP contribution in [0, 0.1) is 0 Å². The lowest BCUT2D eigenvalue weighted by Gasteiger charge is -2.07. The van der Waals surface area contributed by atoms with Crippen LogP contribution < -0.4 is 16.2 Å². The fourth-order valence-corrected chi connectivity index (χ4v) is 1.90. The lowest BCUT2D eigenvalue weighted by molar-refractivity contribution is 0.0949. The normalized spacial score (nSPS) is 13.5. The van der Waals surface area contributed by atoms with Crippen molar-refractivity contribution in [1.82, 2.24) is 15.5 Å². The molecule has 1 aromatic heterocycles. The Morgan fingerprint density at radius 1 is 1.14 bits per heavy atom. The maximum absolute atomic E-state index is 12.0. The van der Waals surface area contributed by atoms with Crippen molar-refractivity contribution in [2.45, 2.75) is 18.9 Å². The van der Waals surface area contributed by atoms with Gasteiger partial charge in [0.1, 0.15) is 5.69 Å². The third kappa shape index (κ3) is 3.38. The summed E-state index contributed by atoms with van der Waals surface area (Å²) in [7, 11) is 0. The first kappa shape index (κ1) is 14.0. The van der Waals surface area contributed by atoms with Gasteiger partial charge in [0.05, 0.1) is 0 Å². The summed E-state index contributed by atoms with van der Waals surface area (Å²) in [5, 5.41) is 11.4. The molecule has 2 amide bonds. The van der Waals surface area contributed by atoms with E-state index < -0.39 is 5.91 Å². The quantitative estimate of drug-likeness (QED) is 0.780. The highest BCUT2D eigenvalue weighted by Crippen LogP contribution is 2.20. The maximum Gasteiger partial charge on any atom is 0.276 e. The molecule has 7 nitrogen and oxygen atoms in total. The second-order valence-electron chi connectivity index (χ2n) is 5.09. The summed E-state index contributed by atoms with van der Waals surface area (Å²) in [5.74, 6) is -0.614. The van der Waals surface area contributed by atoms with E-state index >= 15 is 0 Å². The van der Waals surface area contributed by atoms with Gasteiger partial charge in [-0.2, -0.15) is 5.10 Å². The second kappa shape index (κ2) is 5.80. The smallest absolute Gasteiger partial charge is 0.276 e. The number of nitrogens with zero attached hydrogens (tertiary/aromatic N) is 1. The van der Waals surface area contributed by atoms with Gasteiger partial charge in [0.25, 0.3) is 17.4 Å². The van der Waals surface area contributed by atoms with E-state index in [1.807, 2.05) is 0 Å². The van der Waals surface area contributed by atoms with Crippen LogP contribution in [-0.2, 0) is 0 Å². The van der Waals surface area contributed by atoms with E-state index in [4.69, 9.17) is 0 Å². The van der Waals surface area contributed by atoms with Crippen LogP contribution in [0.15, 0.2) is 41.2 Å². The Balaban J connectivity index is 1.71. The molecule has 2 aromatic rings. The number of aromatic nitrogens is 2. The summed E-state index contributed by atoms with van der Waals surface area (Å²) >= 11 is 0. The number of nitrogens with one attached hydrogen (secondary N) is 3. The molecule has 22 heavy (non-hydrogen) atoms. The average Bonchev–Trinajstić information content (AvgIpc) is 3.32. The Morgan fingerprint density at radius 2 is 1.95 bits per heavy atom. The molecule has 0 aliphatic heterocycles. The van der Waals surface area contributed by atoms with Crippen LogP contribution in [0.25, 0.3) is 0 Å². The predicted octanol–water partition coefficient (Wildman–Crippen LogP) is 0.914. The Hall–Kier alpha value is -2.96. The molecule has 1 heterocycles. The van der Waals surface area contributed by atoms with Crippen LogP contribution >= 0.6 is 0 Å². The van der Waals surface area contributed by atoms with Crippen molar-refractivity contribution >= 4 is 17.5 Å². The molecule has 1 aliphatic carbocycles. The number of benzene rings is 1. The minimum atomic E-state index is -0.462. The van der Waals surface area contributed by atoms with Crippen LogP contribution in [0.5, 0.6) is 0 Å². The molecule has 1 aliphatic rings. The zero-order valence-corrected chi connectivity index (χ0v) is 11.6. The van der Waals surface area contributed by atoms with Crippen LogP contribution in [0.4, 0.5) is 5.69 Å². The fraction of sp³-hybridized carbons (Fsp3) is 0.200. The molecule has 0 radical (unpaired) electrons. The van der Waals surface area contributed by atoms with Gasteiger partial charge in [-0.3, -0.25) is 14.4 Å². The average molecular weight is 298 g/mol. The molecule has 112 valence electrons. The Labute approximate surface area is 125 Å². The van der Waals surface area contributed by atoms with Crippen LogP contribution in [-0.4, -0.2) is 28.1 Å². The molecule has 7 heteroatoms. The summed E-state index contributed by atoms with van der Waals surface area (Å²) in [5.41, 5.74) is 0.684. The highest BCUT2D eigenvalue weighted by Gasteiger charge is 2.23. The number of aromatic amines is 1. The fourth-order valence-electron chi connectivity index (χ4n) is 1.90. The van der Waals surface area contributed by atoms with Gasteiger partial charge in [-0.05, 0) is 37.1 Å². The standard InChI is InChI=1S/C15H14N4O3/c20-13-7-6-12(18-19-13)15(22)17-11-3-1-2-9(8-11)14(21)16-10-4-5-10/h1-3,6-8,10H,4-5H2,(H,16,21)(H,17,22)(H,19,20). The van der Waals surface area contributed by atoms with E-state index in [-0.39, 0.29) is 23.2 Å². The van der Waals surface area contributed by atoms with Crippen molar-refractivity contribution in [3.63, 3.8) is 0 Å². The largest absolute Gasteiger partial charge is 0.349 e. The number of hydrogen-bond acceptors (Lipinski definition) is 4. The van der Waals surface area contributed by atoms with Crippen LogP contribution in [0.1, 0.15) is 33.7 Å². The van der Waals surface area contributed by atoms with Crippen molar-refractivity contribution in [3.05, 3.63) is 58.0 Å². The molecular formula is C15H14N4O3. The predicted molar refractivity (Wildman–Crippen MR) is 79.7 cm³/mol. The van der Waals surface area contributed by atoms with Gasteiger partial charge in [-0.25, -0.2) is 5.10 Å². The molecule has 0 unspecified atom stereocenters. The molecule has 3 rings (SSSR count). The van der Waals surface area contributed by atoms with E-state index in [1.54, 1.807) is 24.3 Å². The molecule has 0 bridgehead atoms. The van der Waals surface area contributed by atoms with Crippen LogP contribution in [0.3, 0.4) is 0 Å². The lowest BCUT2D eigenvalue weighted by atomic mass is 10.2. The van der Waals surface area contributed by atoms with Crippen molar-refractivity contribution in [2.75, 3.05) is 5.32 Å². The van der Waals surface area contributed by atoms with E-state index in [1.165, 1.54) is 12.1 Å². The monoisotopic (exact) mass is 298 g/mol. The van der Waals surface area contributed by atoms with Gasteiger partial charge < -0.3 is 10.6 Å². The summed E-state index contributed by atoms with van der Waals surface area (Å²) in [6.45, 7) is 0. The van der Waals surface area contributed by atoms with Crippen LogP contribution in [0.2, 0.25) is 0 Å². The summed E-state index contributed by atoms with van der Waals surface area (Å²) in [6.07, 6.45) is 2.03. The number of H-pyrrole nitrogens is 1. The highest BCUT2D eigenvalue weighted by molar-refractivity contribution is 6.03. The number of anilines is 1. The van der Waals surface area contributed by atoms with Crippen molar-refractivity contribution in [2.24, 2.45) is 0 Å². The topological polar surface area (TPSA) is 104 Å². The third-order valence-corrected chi connectivity index (χ3v) is 3.21. The van der Waals surface area contributed by atoms with Gasteiger partial charge in [-0.1, -0.05) is 6.07 Å². The lowest BCUT2D eigenvalue weighted by Crippen LogP contribution is -2.25. The zero-order chi connectivity index (χ0) is 15.5.